The van der Waals surface area contributed by atoms with Crippen LogP contribution in [0.5, 0.6) is 0 Å². The number of aliphatic imine (C=N–C) groups is 1. The Morgan fingerprint density at radius 2 is 2.20 bits per heavy atom. The molecule has 5 heteroatoms. The highest BCUT2D eigenvalue weighted by molar-refractivity contribution is 8.18. The Kier molecular flexibility index (Phi) is 2.20. The highest BCUT2D eigenvalue weighted by atomic mass is 35.5. The van der Waals surface area contributed by atoms with Crippen LogP contribution in [0.25, 0.3) is 0 Å². The first-order chi connectivity index (χ1) is 7.24. The van der Waals surface area contributed by atoms with Crippen molar-refractivity contribution in [1.82, 2.24) is 4.90 Å². The maximum absolute atomic E-state index is 6.11. The number of thioether (sulfide) groups is 1. The summed E-state index contributed by atoms with van der Waals surface area (Å²) in [6, 6.07) is 5.77. The summed E-state index contributed by atoms with van der Waals surface area (Å²) in [7, 11) is 0. The standard InChI is InChI=1S/C10H6Cl2N2S/c11-7-2-1-3-8-6(7)4-14-5-9(12)15-10(14)13-8/h1-3,5H,4H2. The molecule has 0 spiro atoms. The minimum absolute atomic E-state index is 0.747. The topological polar surface area (TPSA) is 15.6 Å². The zero-order chi connectivity index (χ0) is 10.4. The minimum Gasteiger partial charge on any atom is -0.321 e. The smallest absolute Gasteiger partial charge is 0.174 e. The van der Waals surface area contributed by atoms with Gasteiger partial charge in [-0.2, -0.15) is 0 Å². The summed E-state index contributed by atoms with van der Waals surface area (Å²) in [6.45, 7) is 0.747. The number of hydrogen-bond donors (Lipinski definition) is 0. The number of rotatable bonds is 0. The van der Waals surface area contributed by atoms with Crippen molar-refractivity contribution in [1.29, 1.82) is 0 Å². The highest BCUT2D eigenvalue weighted by Crippen LogP contribution is 2.40. The molecule has 2 aliphatic rings. The van der Waals surface area contributed by atoms with E-state index in [0.717, 1.165) is 32.4 Å². The molecule has 2 nitrogen and oxygen atoms in total. The molecule has 0 bridgehead atoms. The van der Waals surface area contributed by atoms with Gasteiger partial charge in [0, 0.05) is 16.8 Å². The molecule has 2 aliphatic heterocycles. The van der Waals surface area contributed by atoms with E-state index in [1.165, 1.54) is 11.8 Å². The molecule has 1 aromatic carbocycles. The second-order valence-electron chi connectivity index (χ2n) is 3.30. The summed E-state index contributed by atoms with van der Waals surface area (Å²) in [5.74, 6) is 0. The highest BCUT2D eigenvalue weighted by Gasteiger charge is 2.26. The molecular weight excluding hydrogens is 251 g/mol. The number of nitrogens with zero attached hydrogens (tertiary/aromatic N) is 2. The van der Waals surface area contributed by atoms with E-state index in [1.54, 1.807) is 0 Å². The van der Waals surface area contributed by atoms with Crippen LogP contribution in [0.15, 0.2) is 33.8 Å². The fourth-order valence-electron chi connectivity index (χ4n) is 1.63. The van der Waals surface area contributed by atoms with Crippen LogP contribution in [0.2, 0.25) is 5.02 Å². The summed E-state index contributed by atoms with van der Waals surface area (Å²) in [5, 5.41) is 1.69. The molecule has 0 aromatic heterocycles. The Labute approximate surface area is 102 Å². The van der Waals surface area contributed by atoms with Crippen molar-refractivity contribution in [2.75, 3.05) is 0 Å². The van der Waals surface area contributed by atoms with Crippen molar-refractivity contribution < 1.29 is 0 Å². The molecular formula is C10H6Cl2N2S. The van der Waals surface area contributed by atoms with E-state index in [9.17, 15) is 0 Å². The molecule has 0 saturated carbocycles. The van der Waals surface area contributed by atoms with Crippen molar-refractivity contribution in [2.45, 2.75) is 6.54 Å². The summed E-state index contributed by atoms with van der Waals surface area (Å²) >= 11 is 13.5. The zero-order valence-electron chi connectivity index (χ0n) is 7.58. The van der Waals surface area contributed by atoms with Crippen LogP contribution in [0.4, 0.5) is 5.69 Å². The van der Waals surface area contributed by atoms with Crippen LogP contribution in [0, 0.1) is 0 Å². The Balaban J connectivity index is 2.12. The van der Waals surface area contributed by atoms with Gasteiger partial charge in [-0.15, -0.1) is 0 Å². The van der Waals surface area contributed by atoms with Gasteiger partial charge in [-0.3, -0.25) is 0 Å². The van der Waals surface area contributed by atoms with Crippen molar-refractivity contribution in [3.63, 3.8) is 0 Å². The average Bonchev–Trinajstić information content (AvgIpc) is 2.55. The van der Waals surface area contributed by atoms with E-state index in [4.69, 9.17) is 23.2 Å². The Morgan fingerprint density at radius 1 is 1.33 bits per heavy atom. The van der Waals surface area contributed by atoms with Gasteiger partial charge in [0.15, 0.2) is 5.17 Å². The first-order valence-corrected chi connectivity index (χ1v) is 5.99. The molecule has 0 fully saturated rings. The van der Waals surface area contributed by atoms with Gasteiger partial charge in [-0.05, 0) is 23.9 Å². The Bertz CT molecular complexity index is 496. The lowest BCUT2D eigenvalue weighted by atomic mass is 10.1. The van der Waals surface area contributed by atoms with Gasteiger partial charge >= 0.3 is 0 Å². The molecule has 0 radical (unpaired) electrons. The summed E-state index contributed by atoms with van der Waals surface area (Å²) in [4.78, 5) is 6.52. The third-order valence-corrected chi connectivity index (χ3v) is 3.82. The molecule has 0 saturated heterocycles. The number of benzene rings is 1. The van der Waals surface area contributed by atoms with Crippen LogP contribution in [-0.4, -0.2) is 10.1 Å². The number of fused-ring (bicyclic) bond motifs is 2. The summed E-state index contributed by atoms with van der Waals surface area (Å²) in [6.07, 6.45) is 1.89. The van der Waals surface area contributed by atoms with Crippen LogP contribution in [-0.2, 0) is 6.54 Å². The molecule has 2 heterocycles. The molecule has 15 heavy (non-hydrogen) atoms. The first-order valence-electron chi connectivity index (χ1n) is 4.42. The second kappa shape index (κ2) is 3.44. The molecule has 0 unspecified atom stereocenters. The SMILES string of the molecule is ClC1=CN2Cc3c(Cl)cccc3N=C2S1. The van der Waals surface area contributed by atoms with Gasteiger partial charge in [0.25, 0.3) is 0 Å². The van der Waals surface area contributed by atoms with Crippen LogP contribution >= 0.6 is 35.0 Å². The average molecular weight is 257 g/mol. The fourth-order valence-corrected chi connectivity index (χ4v) is 2.92. The van der Waals surface area contributed by atoms with Gasteiger partial charge in [0.2, 0.25) is 0 Å². The fraction of sp³-hybridized carbons (Fsp3) is 0.100. The third kappa shape index (κ3) is 1.55. The van der Waals surface area contributed by atoms with E-state index in [2.05, 4.69) is 4.99 Å². The Hall–Kier alpha value is -0.640. The monoisotopic (exact) mass is 256 g/mol. The molecule has 0 atom stereocenters. The first kappa shape index (κ1) is 9.58. The lowest BCUT2D eigenvalue weighted by Gasteiger charge is -2.22. The molecule has 1 aromatic rings. The van der Waals surface area contributed by atoms with Crippen molar-refractivity contribution in [2.24, 2.45) is 4.99 Å². The van der Waals surface area contributed by atoms with E-state index in [1.807, 2.05) is 29.3 Å². The summed E-state index contributed by atoms with van der Waals surface area (Å²) in [5.41, 5.74) is 2.01. The predicted octanol–water partition coefficient (Wildman–Crippen LogP) is 3.93. The lowest BCUT2D eigenvalue weighted by molar-refractivity contribution is 0.559. The minimum atomic E-state index is 0.747. The largest absolute Gasteiger partial charge is 0.321 e. The molecule has 76 valence electrons. The van der Waals surface area contributed by atoms with Crippen molar-refractivity contribution >= 4 is 45.8 Å². The van der Waals surface area contributed by atoms with Gasteiger partial charge in [-0.1, -0.05) is 29.3 Å². The third-order valence-electron chi connectivity index (χ3n) is 2.33. The van der Waals surface area contributed by atoms with Gasteiger partial charge < -0.3 is 4.90 Å². The van der Waals surface area contributed by atoms with Crippen molar-refractivity contribution in [3.8, 4) is 0 Å². The number of halogens is 2. The Morgan fingerprint density at radius 3 is 3.07 bits per heavy atom. The second-order valence-corrected chi connectivity index (χ2v) is 5.34. The van der Waals surface area contributed by atoms with Crippen LogP contribution in [0.3, 0.4) is 0 Å². The van der Waals surface area contributed by atoms with E-state index in [0.29, 0.717) is 0 Å². The summed E-state index contributed by atoms with van der Waals surface area (Å²) < 4.78 is 0.748. The normalized spacial score (nSPS) is 18.1. The molecule has 0 aliphatic carbocycles. The lowest BCUT2D eigenvalue weighted by Crippen LogP contribution is -2.22. The molecule has 0 N–H and O–H groups in total. The van der Waals surface area contributed by atoms with Crippen LogP contribution in [0.1, 0.15) is 5.56 Å². The maximum Gasteiger partial charge on any atom is 0.174 e. The zero-order valence-corrected chi connectivity index (χ0v) is 9.90. The van der Waals surface area contributed by atoms with Crippen molar-refractivity contribution in [3.05, 3.63) is 39.3 Å². The number of amidine groups is 1. The van der Waals surface area contributed by atoms with E-state index >= 15 is 0 Å². The van der Waals surface area contributed by atoms with Gasteiger partial charge in [0.1, 0.15) is 0 Å². The molecule has 0 amide bonds. The number of hydrogen-bond acceptors (Lipinski definition) is 3. The predicted molar refractivity (Wildman–Crippen MR) is 65.6 cm³/mol. The van der Waals surface area contributed by atoms with Crippen LogP contribution < -0.4 is 0 Å². The quantitative estimate of drug-likeness (QED) is 0.699. The van der Waals surface area contributed by atoms with Gasteiger partial charge in [0.05, 0.1) is 16.6 Å². The molecule has 3 rings (SSSR count). The maximum atomic E-state index is 6.11. The van der Waals surface area contributed by atoms with E-state index < -0.39 is 0 Å². The van der Waals surface area contributed by atoms with Gasteiger partial charge in [-0.25, -0.2) is 4.99 Å². The van der Waals surface area contributed by atoms with E-state index in [-0.39, 0.29) is 0 Å².